The van der Waals surface area contributed by atoms with Crippen LogP contribution in [0.5, 0.6) is 5.75 Å². The third-order valence-corrected chi connectivity index (χ3v) is 3.55. The number of benzene rings is 2. The molecule has 0 saturated heterocycles. The number of carbonyl (C=O) groups excluding carboxylic acids is 1. The van der Waals surface area contributed by atoms with Crippen LogP contribution in [0.25, 0.3) is 11.3 Å². The topological polar surface area (TPSA) is 73.6 Å². The van der Waals surface area contributed by atoms with Gasteiger partial charge in [-0.15, -0.1) is 0 Å². The number of hydrogen-bond acceptors (Lipinski definition) is 6. The van der Waals surface area contributed by atoms with Crippen LogP contribution >= 0.6 is 0 Å². The highest BCUT2D eigenvalue weighted by atomic mass is 19.1. The molecule has 7 heteroatoms. The first-order valence-electron chi connectivity index (χ1n) is 7.38. The van der Waals surface area contributed by atoms with Crippen LogP contribution in [0.4, 0.5) is 16.0 Å². The van der Waals surface area contributed by atoms with Crippen molar-refractivity contribution in [1.29, 1.82) is 0 Å². The molecule has 1 N–H and O–H groups in total. The largest absolute Gasteiger partial charge is 0.495 e. The van der Waals surface area contributed by atoms with Gasteiger partial charge in [0, 0.05) is 5.56 Å². The van der Waals surface area contributed by atoms with Crippen molar-refractivity contribution in [2.45, 2.75) is 0 Å². The second-order valence-electron chi connectivity index (χ2n) is 5.06. The Labute approximate surface area is 143 Å². The fraction of sp³-hybridized carbons (Fsp3) is 0.111. The van der Waals surface area contributed by atoms with Gasteiger partial charge in [0.2, 0.25) is 5.88 Å². The summed E-state index contributed by atoms with van der Waals surface area (Å²) in [7, 11) is 2.79. The van der Waals surface area contributed by atoms with E-state index in [4.69, 9.17) is 14.0 Å². The molecule has 0 amide bonds. The summed E-state index contributed by atoms with van der Waals surface area (Å²) in [4.78, 5) is 12.2. The van der Waals surface area contributed by atoms with Gasteiger partial charge in [-0.25, -0.2) is 9.18 Å². The maximum Gasteiger partial charge on any atom is 0.345 e. The summed E-state index contributed by atoms with van der Waals surface area (Å²) in [5.74, 6) is -0.342. The van der Waals surface area contributed by atoms with Crippen molar-refractivity contribution < 1.29 is 23.2 Å². The number of carbonyl (C=O) groups is 1. The van der Waals surface area contributed by atoms with Crippen molar-refractivity contribution in [2.75, 3.05) is 19.5 Å². The molecule has 0 spiro atoms. The van der Waals surface area contributed by atoms with Gasteiger partial charge in [0.15, 0.2) is 5.56 Å². The summed E-state index contributed by atoms with van der Waals surface area (Å²) in [6.45, 7) is 0. The number of methoxy groups -OCH3 is 2. The zero-order chi connectivity index (χ0) is 17.8. The van der Waals surface area contributed by atoms with Gasteiger partial charge in [-0.2, -0.15) is 0 Å². The number of ether oxygens (including phenoxy) is 2. The molecular formula is C18H15FN2O4. The fourth-order valence-corrected chi connectivity index (χ4v) is 2.34. The van der Waals surface area contributed by atoms with E-state index < -0.39 is 5.97 Å². The minimum Gasteiger partial charge on any atom is -0.495 e. The lowest BCUT2D eigenvalue weighted by Crippen LogP contribution is -2.05. The van der Waals surface area contributed by atoms with E-state index in [1.54, 1.807) is 18.2 Å². The molecule has 0 atom stereocenters. The molecule has 2 aromatic carbocycles. The number of anilines is 2. The summed E-state index contributed by atoms with van der Waals surface area (Å²) >= 11 is 0. The lowest BCUT2D eigenvalue weighted by Gasteiger charge is -2.09. The van der Waals surface area contributed by atoms with Crippen molar-refractivity contribution in [3.8, 4) is 17.0 Å². The van der Waals surface area contributed by atoms with Crippen LogP contribution in [-0.4, -0.2) is 25.3 Å². The number of para-hydroxylation sites is 2. The van der Waals surface area contributed by atoms with Gasteiger partial charge in [0.1, 0.15) is 17.3 Å². The van der Waals surface area contributed by atoms with E-state index in [9.17, 15) is 9.18 Å². The van der Waals surface area contributed by atoms with Gasteiger partial charge in [-0.1, -0.05) is 17.3 Å². The van der Waals surface area contributed by atoms with Gasteiger partial charge in [-0.3, -0.25) is 0 Å². The Morgan fingerprint density at radius 3 is 2.52 bits per heavy atom. The maximum atomic E-state index is 13.1. The van der Waals surface area contributed by atoms with Crippen LogP contribution in [0.15, 0.2) is 53.1 Å². The number of nitrogens with zero attached hydrogens (tertiary/aromatic N) is 1. The Bertz CT molecular complexity index is 890. The molecule has 0 saturated carbocycles. The Hall–Kier alpha value is -3.35. The molecule has 0 bridgehead atoms. The van der Waals surface area contributed by atoms with Gasteiger partial charge in [0.25, 0.3) is 0 Å². The summed E-state index contributed by atoms with van der Waals surface area (Å²) < 4.78 is 28.5. The molecule has 0 aliphatic heterocycles. The van der Waals surface area contributed by atoms with Crippen LogP contribution in [0.2, 0.25) is 0 Å². The van der Waals surface area contributed by atoms with Crippen LogP contribution in [0.1, 0.15) is 10.4 Å². The predicted molar refractivity (Wildman–Crippen MR) is 89.5 cm³/mol. The molecule has 0 aliphatic carbocycles. The Balaban J connectivity index is 2.05. The minimum absolute atomic E-state index is 0.107. The van der Waals surface area contributed by atoms with Crippen molar-refractivity contribution in [3.05, 3.63) is 59.9 Å². The maximum absolute atomic E-state index is 13.1. The Morgan fingerprint density at radius 1 is 1.12 bits per heavy atom. The highest BCUT2D eigenvalue weighted by Crippen LogP contribution is 2.34. The third kappa shape index (κ3) is 3.30. The molecule has 0 aliphatic rings. The fourth-order valence-electron chi connectivity index (χ4n) is 2.34. The quantitative estimate of drug-likeness (QED) is 0.706. The van der Waals surface area contributed by atoms with Gasteiger partial charge in [0.05, 0.1) is 19.9 Å². The predicted octanol–water partition coefficient (Wildman–Crippen LogP) is 4.02. The number of aromatic nitrogens is 1. The zero-order valence-electron chi connectivity index (χ0n) is 13.6. The Morgan fingerprint density at radius 2 is 1.84 bits per heavy atom. The van der Waals surface area contributed by atoms with E-state index in [0.717, 1.165) is 0 Å². The molecule has 3 rings (SSSR count). The van der Waals surface area contributed by atoms with E-state index in [1.807, 2.05) is 6.07 Å². The monoisotopic (exact) mass is 342 g/mol. The smallest absolute Gasteiger partial charge is 0.345 e. The third-order valence-electron chi connectivity index (χ3n) is 3.55. The lowest BCUT2D eigenvalue weighted by atomic mass is 10.1. The summed E-state index contributed by atoms with van der Waals surface area (Å²) in [6, 6.07) is 12.7. The normalized spacial score (nSPS) is 10.4. The molecule has 3 aromatic rings. The number of rotatable bonds is 5. The number of esters is 1. The molecular weight excluding hydrogens is 327 g/mol. The molecule has 1 aromatic heterocycles. The molecule has 6 nitrogen and oxygen atoms in total. The average Bonchev–Trinajstić information content (AvgIpc) is 3.05. The molecule has 1 heterocycles. The number of hydrogen-bond donors (Lipinski definition) is 1. The van der Waals surface area contributed by atoms with E-state index in [-0.39, 0.29) is 23.0 Å². The van der Waals surface area contributed by atoms with Gasteiger partial charge in [-0.05, 0) is 36.4 Å². The van der Waals surface area contributed by atoms with Crippen molar-refractivity contribution in [1.82, 2.24) is 5.16 Å². The lowest BCUT2D eigenvalue weighted by molar-refractivity contribution is 0.0602. The van der Waals surface area contributed by atoms with E-state index >= 15 is 0 Å². The van der Waals surface area contributed by atoms with Crippen molar-refractivity contribution in [3.63, 3.8) is 0 Å². The minimum atomic E-state index is -0.627. The van der Waals surface area contributed by atoms with Crippen molar-refractivity contribution in [2.24, 2.45) is 0 Å². The van der Waals surface area contributed by atoms with Crippen molar-refractivity contribution >= 4 is 17.5 Å². The first-order chi connectivity index (χ1) is 12.1. The van der Waals surface area contributed by atoms with Crippen LogP contribution < -0.4 is 10.1 Å². The van der Waals surface area contributed by atoms with E-state index in [1.165, 1.54) is 38.5 Å². The highest BCUT2D eigenvalue weighted by Gasteiger charge is 2.25. The Kier molecular flexibility index (Phi) is 4.65. The first-order valence-corrected chi connectivity index (χ1v) is 7.38. The molecule has 128 valence electrons. The molecule has 0 fully saturated rings. The first kappa shape index (κ1) is 16.5. The van der Waals surface area contributed by atoms with Gasteiger partial charge >= 0.3 is 5.97 Å². The van der Waals surface area contributed by atoms with Gasteiger partial charge < -0.3 is 19.3 Å². The van der Waals surface area contributed by atoms with E-state index in [0.29, 0.717) is 17.0 Å². The summed E-state index contributed by atoms with van der Waals surface area (Å²) in [5, 5.41) is 6.91. The van der Waals surface area contributed by atoms with Crippen LogP contribution in [0, 0.1) is 5.82 Å². The average molecular weight is 342 g/mol. The van der Waals surface area contributed by atoms with E-state index in [2.05, 4.69) is 10.5 Å². The standard InChI is InChI=1S/C18H15FN2O4/c1-23-14-6-4-3-5-13(14)20-17-15(18(22)24-2)16(21-25-17)11-7-9-12(19)10-8-11/h3-10,20H,1-2H3. The highest BCUT2D eigenvalue weighted by molar-refractivity contribution is 6.01. The SMILES string of the molecule is COC(=O)c1c(-c2ccc(F)cc2)noc1Nc1ccccc1OC. The second kappa shape index (κ2) is 7.04. The number of nitrogens with one attached hydrogen (secondary N) is 1. The summed E-state index contributed by atoms with van der Waals surface area (Å²) in [6.07, 6.45) is 0. The van der Waals surface area contributed by atoms with Crippen LogP contribution in [0.3, 0.4) is 0 Å². The summed E-state index contributed by atoms with van der Waals surface area (Å²) in [5.41, 5.74) is 1.49. The second-order valence-corrected chi connectivity index (χ2v) is 5.06. The number of halogens is 1. The molecule has 25 heavy (non-hydrogen) atoms. The molecule has 0 unspecified atom stereocenters. The van der Waals surface area contributed by atoms with Crippen LogP contribution in [-0.2, 0) is 4.74 Å². The molecule has 0 radical (unpaired) electrons. The zero-order valence-corrected chi connectivity index (χ0v) is 13.6.